The Morgan fingerprint density at radius 3 is 2.38 bits per heavy atom. The zero-order valence-electron chi connectivity index (χ0n) is 19.5. The Kier molecular flexibility index (Phi) is 7.29. The topological polar surface area (TPSA) is 82.2 Å². The van der Waals surface area contributed by atoms with Crippen molar-refractivity contribution in [3.63, 3.8) is 0 Å². The Morgan fingerprint density at radius 1 is 1.03 bits per heavy atom. The highest BCUT2D eigenvalue weighted by atomic mass is 16.1. The van der Waals surface area contributed by atoms with Crippen molar-refractivity contribution in [3.8, 4) is 6.07 Å². The SMILES string of the molecule is CCC(NC(=O)/C(C#N)=C\N(c1ccccc1)c1ccc(N)cc1)c1ccc2c(c1)CCCC2. The molecule has 172 valence electrons. The van der Waals surface area contributed by atoms with Crippen LogP contribution in [-0.2, 0) is 17.6 Å². The number of nitriles is 1. The average molecular weight is 451 g/mol. The smallest absolute Gasteiger partial charge is 0.263 e. The summed E-state index contributed by atoms with van der Waals surface area (Å²) in [6.07, 6.45) is 6.99. The fraction of sp³-hybridized carbons (Fsp3) is 0.241. The summed E-state index contributed by atoms with van der Waals surface area (Å²) in [6.45, 7) is 2.05. The molecule has 0 saturated heterocycles. The van der Waals surface area contributed by atoms with Crippen molar-refractivity contribution in [1.82, 2.24) is 5.32 Å². The number of anilines is 3. The van der Waals surface area contributed by atoms with Gasteiger partial charge in [0, 0.05) is 23.3 Å². The first kappa shape index (κ1) is 23.1. The monoisotopic (exact) mass is 450 g/mol. The number of nitrogens with one attached hydrogen (secondary N) is 1. The summed E-state index contributed by atoms with van der Waals surface area (Å²) in [6, 6.07) is 25.4. The third-order valence-electron chi connectivity index (χ3n) is 6.32. The van der Waals surface area contributed by atoms with E-state index >= 15 is 0 Å². The highest BCUT2D eigenvalue weighted by Crippen LogP contribution is 2.28. The maximum absolute atomic E-state index is 13.2. The van der Waals surface area contributed by atoms with Crippen molar-refractivity contribution >= 4 is 23.0 Å². The Hall–Kier alpha value is -4.04. The molecule has 1 amide bonds. The number of hydrogen-bond acceptors (Lipinski definition) is 4. The van der Waals surface area contributed by atoms with Gasteiger partial charge in [0.25, 0.3) is 5.91 Å². The van der Waals surface area contributed by atoms with E-state index in [1.165, 1.54) is 24.0 Å². The number of fused-ring (bicyclic) bond motifs is 1. The molecule has 1 unspecified atom stereocenters. The number of rotatable bonds is 7. The van der Waals surface area contributed by atoms with E-state index in [0.29, 0.717) is 5.69 Å². The Labute approximate surface area is 201 Å². The largest absolute Gasteiger partial charge is 0.399 e. The second kappa shape index (κ2) is 10.7. The highest BCUT2D eigenvalue weighted by molar-refractivity contribution is 5.98. The number of carbonyl (C=O) groups is 1. The number of nitrogens with two attached hydrogens (primary N) is 1. The molecule has 1 aliphatic carbocycles. The van der Waals surface area contributed by atoms with Gasteiger partial charge in [-0.2, -0.15) is 5.26 Å². The van der Waals surface area contributed by atoms with Crippen molar-refractivity contribution in [2.24, 2.45) is 0 Å². The molecule has 0 aliphatic heterocycles. The third kappa shape index (κ3) is 5.29. The number of hydrogen-bond donors (Lipinski definition) is 2. The van der Waals surface area contributed by atoms with Crippen LogP contribution in [0.3, 0.4) is 0 Å². The first-order valence-corrected chi connectivity index (χ1v) is 11.8. The number of aryl methyl sites for hydroxylation is 2. The van der Waals surface area contributed by atoms with Gasteiger partial charge in [0.2, 0.25) is 0 Å². The second-order valence-corrected chi connectivity index (χ2v) is 8.62. The van der Waals surface area contributed by atoms with E-state index in [9.17, 15) is 10.1 Å². The predicted molar refractivity (Wildman–Crippen MR) is 137 cm³/mol. The lowest BCUT2D eigenvalue weighted by Crippen LogP contribution is -2.30. The van der Waals surface area contributed by atoms with Gasteiger partial charge in [-0.3, -0.25) is 4.79 Å². The molecule has 1 aliphatic rings. The second-order valence-electron chi connectivity index (χ2n) is 8.62. The van der Waals surface area contributed by atoms with Gasteiger partial charge in [-0.25, -0.2) is 0 Å². The lowest BCUT2D eigenvalue weighted by Gasteiger charge is -2.23. The van der Waals surface area contributed by atoms with E-state index in [0.717, 1.165) is 36.2 Å². The summed E-state index contributed by atoms with van der Waals surface area (Å²) >= 11 is 0. The lowest BCUT2D eigenvalue weighted by atomic mass is 9.88. The molecule has 0 spiro atoms. The molecular weight excluding hydrogens is 420 g/mol. The van der Waals surface area contributed by atoms with Gasteiger partial charge in [-0.15, -0.1) is 0 Å². The number of nitrogens with zero attached hydrogens (tertiary/aromatic N) is 2. The molecule has 5 heteroatoms. The molecule has 0 saturated carbocycles. The van der Waals surface area contributed by atoms with Crippen LogP contribution in [0.25, 0.3) is 0 Å². The number of benzene rings is 3. The molecule has 0 aromatic heterocycles. The van der Waals surface area contributed by atoms with Gasteiger partial charge in [0.1, 0.15) is 11.6 Å². The Morgan fingerprint density at radius 2 is 1.71 bits per heavy atom. The highest BCUT2D eigenvalue weighted by Gasteiger charge is 2.20. The van der Waals surface area contributed by atoms with E-state index in [-0.39, 0.29) is 17.5 Å². The third-order valence-corrected chi connectivity index (χ3v) is 6.32. The van der Waals surface area contributed by atoms with E-state index in [2.05, 4.69) is 29.6 Å². The molecule has 3 aromatic rings. The van der Waals surface area contributed by atoms with Crippen molar-refractivity contribution in [2.45, 2.75) is 45.1 Å². The zero-order valence-corrected chi connectivity index (χ0v) is 19.5. The quantitative estimate of drug-likeness (QED) is 0.264. The maximum Gasteiger partial charge on any atom is 0.263 e. The Balaban J connectivity index is 1.61. The lowest BCUT2D eigenvalue weighted by molar-refractivity contribution is -0.117. The normalized spacial score (nSPS) is 13.9. The van der Waals surface area contributed by atoms with Crippen LogP contribution in [0.2, 0.25) is 0 Å². The van der Waals surface area contributed by atoms with Crippen LogP contribution < -0.4 is 16.0 Å². The minimum absolute atomic E-state index is 0.0390. The van der Waals surface area contributed by atoms with Crippen LogP contribution in [0.1, 0.15) is 48.9 Å². The van der Waals surface area contributed by atoms with Crippen molar-refractivity contribution in [2.75, 3.05) is 10.6 Å². The molecule has 4 rings (SSSR count). The molecule has 3 N–H and O–H groups in total. The van der Waals surface area contributed by atoms with Gasteiger partial charge in [0.05, 0.1) is 6.04 Å². The van der Waals surface area contributed by atoms with E-state index < -0.39 is 0 Å². The van der Waals surface area contributed by atoms with E-state index in [1.54, 1.807) is 18.3 Å². The molecule has 5 nitrogen and oxygen atoms in total. The molecule has 1 atom stereocenters. The maximum atomic E-state index is 13.2. The van der Waals surface area contributed by atoms with Gasteiger partial charge >= 0.3 is 0 Å². The van der Waals surface area contributed by atoms with Crippen LogP contribution in [0.15, 0.2) is 84.6 Å². The summed E-state index contributed by atoms with van der Waals surface area (Å²) in [5, 5.41) is 13.0. The van der Waals surface area contributed by atoms with Gasteiger partial charge in [0.15, 0.2) is 0 Å². The average Bonchev–Trinajstić information content (AvgIpc) is 2.88. The fourth-order valence-electron chi connectivity index (χ4n) is 4.42. The minimum Gasteiger partial charge on any atom is -0.399 e. The minimum atomic E-state index is -0.386. The number of carbonyl (C=O) groups excluding carboxylic acids is 1. The van der Waals surface area contributed by atoms with Crippen LogP contribution >= 0.6 is 0 Å². The summed E-state index contributed by atoms with van der Waals surface area (Å²) in [5.41, 5.74) is 12.1. The van der Waals surface area contributed by atoms with Gasteiger partial charge < -0.3 is 16.0 Å². The fourth-order valence-corrected chi connectivity index (χ4v) is 4.42. The van der Waals surface area contributed by atoms with E-state index in [1.807, 2.05) is 54.3 Å². The van der Waals surface area contributed by atoms with Gasteiger partial charge in [-0.1, -0.05) is 43.3 Å². The summed E-state index contributed by atoms with van der Waals surface area (Å²) in [5.74, 6) is -0.386. The molecule has 0 fully saturated rings. The van der Waals surface area contributed by atoms with Crippen LogP contribution in [-0.4, -0.2) is 5.91 Å². The molecule has 0 heterocycles. The first-order valence-electron chi connectivity index (χ1n) is 11.8. The Bertz CT molecular complexity index is 1210. The molecule has 34 heavy (non-hydrogen) atoms. The van der Waals surface area contributed by atoms with Crippen molar-refractivity contribution < 1.29 is 4.79 Å². The predicted octanol–water partition coefficient (Wildman–Crippen LogP) is 5.96. The number of amides is 1. The summed E-state index contributed by atoms with van der Waals surface area (Å²) in [4.78, 5) is 15.0. The standard InChI is InChI=1S/C29H30N4O/c1-2-28(23-13-12-21-8-6-7-9-22(21)18-23)32-29(34)24(19-30)20-33(26-10-4-3-5-11-26)27-16-14-25(31)15-17-27/h3-5,10-18,20,28H,2,6-9,31H2,1H3,(H,32,34)/b24-20-. The number of nitrogen functional groups attached to an aromatic ring is 1. The molecule has 0 radical (unpaired) electrons. The van der Waals surface area contributed by atoms with Crippen LogP contribution in [0, 0.1) is 11.3 Å². The molecular formula is C29H30N4O. The molecule has 3 aromatic carbocycles. The summed E-state index contributed by atoms with van der Waals surface area (Å²) in [7, 11) is 0. The number of para-hydroxylation sites is 1. The first-order chi connectivity index (χ1) is 16.6. The van der Waals surface area contributed by atoms with Crippen molar-refractivity contribution in [3.05, 3.63) is 101 Å². The zero-order chi connectivity index (χ0) is 23.9. The van der Waals surface area contributed by atoms with Gasteiger partial charge in [-0.05, 0) is 85.2 Å². The molecule has 0 bridgehead atoms. The van der Waals surface area contributed by atoms with Crippen molar-refractivity contribution in [1.29, 1.82) is 5.26 Å². The summed E-state index contributed by atoms with van der Waals surface area (Å²) < 4.78 is 0. The van der Waals surface area contributed by atoms with E-state index in [4.69, 9.17) is 5.73 Å². The van der Waals surface area contributed by atoms with Crippen LogP contribution in [0.5, 0.6) is 0 Å². The van der Waals surface area contributed by atoms with Crippen LogP contribution in [0.4, 0.5) is 17.1 Å².